The molecule has 6 heteroatoms. The van der Waals surface area contributed by atoms with Gasteiger partial charge in [-0.1, -0.05) is 26.0 Å². The van der Waals surface area contributed by atoms with Crippen molar-refractivity contribution in [2.45, 2.75) is 26.2 Å². The smallest absolute Gasteiger partial charge is 0.404 e. The Morgan fingerprint density at radius 2 is 2.17 bits per heavy atom. The molecule has 0 fully saturated rings. The molecular formula is C12H16N2O4. The summed E-state index contributed by atoms with van der Waals surface area (Å²) in [6.07, 6.45) is -0.822. The number of nitrogens with one attached hydrogen (secondary N) is 1. The summed E-state index contributed by atoms with van der Waals surface area (Å²) in [4.78, 5) is 20.8. The second-order valence-corrected chi connectivity index (χ2v) is 4.28. The second kappa shape index (κ2) is 6.00. The summed E-state index contributed by atoms with van der Waals surface area (Å²) >= 11 is 0. The Hall–Kier alpha value is -2.11. The van der Waals surface area contributed by atoms with Gasteiger partial charge in [-0.05, 0) is 17.9 Å². The van der Waals surface area contributed by atoms with Crippen LogP contribution in [0.5, 0.6) is 0 Å². The van der Waals surface area contributed by atoms with E-state index < -0.39 is 11.0 Å². The highest BCUT2D eigenvalue weighted by Crippen LogP contribution is 2.24. The molecule has 0 atom stereocenters. The molecule has 0 heterocycles. The Morgan fingerprint density at radius 1 is 1.50 bits per heavy atom. The van der Waals surface area contributed by atoms with E-state index in [-0.39, 0.29) is 18.2 Å². The molecule has 0 aliphatic rings. The van der Waals surface area contributed by atoms with Crippen molar-refractivity contribution in [1.29, 1.82) is 0 Å². The fraction of sp³-hybridized carbons (Fsp3) is 0.417. The van der Waals surface area contributed by atoms with Crippen LogP contribution in [0.2, 0.25) is 0 Å². The predicted molar refractivity (Wildman–Crippen MR) is 66.9 cm³/mol. The Kier molecular flexibility index (Phi) is 4.65. The van der Waals surface area contributed by atoms with Gasteiger partial charge >= 0.3 is 6.09 Å². The molecule has 98 valence electrons. The normalized spacial score (nSPS) is 10.4. The monoisotopic (exact) mass is 252 g/mol. The summed E-state index contributed by atoms with van der Waals surface area (Å²) in [7, 11) is 0. The third-order valence-electron chi connectivity index (χ3n) is 2.64. The van der Waals surface area contributed by atoms with Crippen molar-refractivity contribution in [3.63, 3.8) is 0 Å². The van der Waals surface area contributed by atoms with Crippen LogP contribution in [0, 0.1) is 10.1 Å². The second-order valence-electron chi connectivity index (χ2n) is 4.28. The largest absolute Gasteiger partial charge is 0.465 e. The minimum atomic E-state index is -1.13. The summed E-state index contributed by atoms with van der Waals surface area (Å²) in [6, 6.07) is 5.09. The summed E-state index contributed by atoms with van der Waals surface area (Å²) in [5.41, 5.74) is 1.49. The molecular weight excluding hydrogens is 236 g/mol. The number of hydrogen-bond donors (Lipinski definition) is 2. The number of benzene rings is 1. The van der Waals surface area contributed by atoms with Gasteiger partial charge in [0.25, 0.3) is 5.69 Å². The SMILES string of the molecule is CC(C)c1ccc(CCNC(=O)O)c([N+](=O)[O-])c1. The average molecular weight is 252 g/mol. The van der Waals surface area contributed by atoms with Gasteiger partial charge in [0.05, 0.1) is 4.92 Å². The van der Waals surface area contributed by atoms with Gasteiger partial charge in [0.1, 0.15) is 0 Å². The summed E-state index contributed by atoms with van der Waals surface area (Å²) < 4.78 is 0. The van der Waals surface area contributed by atoms with Gasteiger partial charge < -0.3 is 10.4 Å². The number of rotatable bonds is 5. The first-order valence-corrected chi connectivity index (χ1v) is 5.66. The van der Waals surface area contributed by atoms with Gasteiger partial charge in [0.2, 0.25) is 0 Å². The zero-order valence-corrected chi connectivity index (χ0v) is 10.3. The topological polar surface area (TPSA) is 92.5 Å². The first-order chi connectivity index (χ1) is 8.41. The fourth-order valence-corrected chi connectivity index (χ4v) is 1.63. The molecule has 0 aliphatic heterocycles. The maximum Gasteiger partial charge on any atom is 0.404 e. The number of nitro groups is 1. The molecule has 0 spiro atoms. The van der Waals surface area contributed by atoms with Crippen molar-refractivity contribution in [1.82, 2.24) is 5.32 Å². The van der Waals surface area contributed by atoms with E-state index in [4.69, 9.17) is 5.11 Å². The fourth-order valence-electron chi connectivity index (χ4n) is 1.63. The molecule has 1 rings (SSSR count). The van der Waals surface area contributed by atoms with Crippen molar-refractivity contribution in [2.24, 2.45) is 0 Å². The van der Waals surface area contributed by atoms with Gasteiger partial charge in [-0.3, -0.25) is 10.1 Å². The average Bonchev–Trinajstić information content (AvgIpc) is 2.28. The lowest BCUT2D eigenvalue weighted by Crippen LogP contribution is -2.23. The Morgan fingerprint density at radius 3 is 2.67 bits per heavy atom. The molecule has 2 N–H and O–H groups in total. The van der Waals surface area contributed by atoms with E-state index in [2.05, 4.69) is 5.32 Å². The Bertz CT molecular complexity index is 457. The molecule has 0 radical (unpaired) electrons. The van der Waals surface area contributed by atoms with Crippen LogP contribution in [-0.4, -0.2) is 22.7 Å². The van der Waals surface area contributed by atoms with E-state index in [1.807, 2.05) is 19.9 Å². The first kappa shape index (κ1) is 14.0. The lowest BCUT2D eigenvalue weighted by molar-refractivity contribution is -0.385. The number of nitrogens with zero attached hydrogens (tertiary/aromatic N) is 1. The zero-order chi connectivity index (χ0) is 13.7. The highest BCUT2D eigenvalue weighted by molar-refractivity contribution is 5.64. The van der Waals surface area contributed by atoms with E-state index in [1.165, 1.54) is 0 Å². The van der Waals surface area contributed by atoms with E-state index >= 15 is 0 Å². The van der Waals surface area contributed by atoms with Crippen LogP contribution >= 0.6 is 0 Å². The maximum atomic E-state index is 11.0. The number of hydrogen-bond acceptors (Lipinski definition) is 3. The van der Waals surface area contributed by atoms with Crippen molar-refractivity contribution < 1.29 is 14.8 Å². The molecule has 1 amide bonds. The van der Waals surface area contributed by atoms with E-state index in [1.54, 1.807) is 12.1 Å². The highest BCUT2D eigenvalue weighted by Gasteiger charge is 2.15. The van der Waals surface area contributed by atoms with Crippen LogP contribution in [0.4, 0.5) is 10.5 Å². The standard InChI is InChI=1S/C12H16N2O4/c1-8(2)10-4-3-9(5-6-13-12(15)16)11(7-10)14(17)18/h3-4,7-8,13H,5-6H2,1-2H3,(H,15,16). The molecule has 6 nitrogen and oxygen atoms in total. The van der Waals surface area contributed by atoms with Crippen LogP contribution in [-0.2, 0) is 6.42 Å². The molecule has 0 aromatic heterocycles. The van der Waals surface area contributed by atoms with Crippen LogP contribution in [0.3, 0.4) is 0 Å². The van der Waals surface area contributed by atoms with Gasteiger partial charge in [-0.25, -0.2) is 4.79 Å². The zero-order valence-electron chi connectivity index (χ0n) is 10.3. The number of amides is 1. The first-order valence-electron chi connectivity index (χ1n) is 5.66. The molecule has 0 bridgehead atoms. The molecule has 0 unspecified atom stereocenters. The van der Waals surface area contributed by atoms with E-state index in [0.717, 1.165) is 5.56 Å². The number of carboxylic acid groups (broad SMARTS) is 1. The Labute approximate surface area is 105 Å². The van der Waals surface area contributed by atoms with Gasteiger partial charge in [-0.15, -0.1) is 0 Å². The summed E-state index contributed by atoms with van der Waals surface area (Å²) in [5, 5.41) is 21.6. The van der Waals surface area contributed by atoms with Crippen molar-refractivity contribution in [3.05, 3.63) is 39.4 Å². The molecule has 18 heavy (non-hydrogen) atoms. The molecule has 1 aromatic carbocycles. The van der Waals surface area contributed by atoms with Crippen LogP contribution in [0.1, 0.15) is 30.9 Å². The van der Waals surface area contributed by atoms with Crippen LogP contribution in [0.15, 0.2) is 18.2 Å². The Balaban J connectivity index is 2.90. The highest BCUT2D eigenvalue weighted by atomic mass is 16.6. The molecule has 1 aromatic rings. The van der Waals surface area contributed by atoms with Crippen LogP contribution < -0.4 is 5.32 Å². The van der Waals surface area contributed by atoms with Crippen molar-refractivity contribution in [3.8, 4) is 0 Å². The van der Waals surface area contributed by atoms with Crippen molar-refractivity contribution in [2.75, 3.05) is 6.54 Å². The summed E-state index contributed by atoms with van der Waals surface area (Å²) in [5.74, 6) is 0.217. The van der Waals surface area contributed by atoms with E-state index in [9.17, 15) is 14.9 Å². The molecule has 0 saturated carbocycles. The third kappa shape index (κ3) is 3.73. The molecule has 0 saturated heterocycles. The lowest BCUT2D eigenvalue weighted by Gasteiger charge is -2.08. The number of nitro benzene ring substituents is 1. The quantitative estimate of drug-likeness (QED) is 0.622. The minimum Gasteiger partial charge on any atom is -0.465 e. The maximum absolute atomic E-state index is 11.0. The van der Waals surface area contributed by atoms with Gasteiger partial charge in [-0.2, -0.15) is 0 Å². The van der Waals surface area contributed by atoms with Gasteiger partial charge in [0.15, 0.2) is 0 Å². The lowest BCUT2D eigenvalue weighted by atomic mass is 9.99. The van der Waals surface area contributed by atoms with Crippen LogP contribution in [0.25, 0.3) is 0 Å². The number of carbonyl (C=O) groups is 1. The third-order valence-corrected chi connectivity index (χ3v) is 2.64. The van der Waals surface area contributed by atoms with E-state index in [0.29, 0.717) is 12.0 Å². The van der Waals surface area contributed by atoms with Crippen molar-refractivity contribution >= 4 is 11.8 Å². The molecule has 0 aliphatic carbocycles. The predicted octanol–water partition coefficient (Wildman–Crippen LogP) is 2.53. The van der Waals surface area contributed by atoms with Gasteiger partial charge in [0, 0.05) is 18.2 Å². The minimum absolute atomic E-state index is 0.0494. The summed E-state index contributed by atoms with van der Waals surface area (Å²) in [6.45, 7) is 4.09.